The lowest BCUT2D eigenvalue weighted by molar-refractivity contribution is 0.0918. The Morgan fingerprint density at radius 2 is 0.955 bits per heavy atom. The van der Waals surface area contributed by atoms with Crippen LogP contribution in [-0.2, 0) is 0 Å². The van der Waals surface area contributed by atoms with Crippen LogP contribution in [0.1, 0.15) is 62.3 Å². The highest BCUT2D eigenvalue weighted by Crippen LogP contribution is 2.08. The van der Waals surface area contributed by atoms with Crippen LogP contribution in [0.5, 0.6) is 0 Å². The van der Waals surface area contributed by atoms with E-state index in [4.69, 9.17) is 0 Å². The number of hydrogen-bond donors (Lipinski definition) is 2. The lowest BCUT2D eigenvalue weighted by Crippen LogP contribution is -2.36. The molecule has 0 saturated carbocycles. The second-order valence-electron chi connectivity index (χ2n) is 6.59. The second-order valence-corrected chi connectivity index (χ2v) is 6.59. The Morgan fingerprint density at radius 1 is 0.682 bits per heavy atom. The molecule has 0 bridgehead atoms. The first kappa shape index (κ1) is 18.2. The molecule has 0 aromatic heterocycles. The van der Waals surface area contributed by atoms with Crippen molar-refractivity contribution in [3.05, 3.63) is 35.4 Å². The molecule has 0 aliphatic heterocycles. The number of hydrogen-bond acceptors (Lipinski definition) is 2. The third kappa shape index (κ3) is 5.17. The molecule has 2 amide bonds. The number of amides is 2. The predicted octanol–water partition coefficient (Wildman–Crippen LogP) is 3.24. The van der Waals surface area contributed by atoms with Gasteiger partial charge in [0.05, 0.1) is 0 Å². The number of benzene rings is 1. The quantitative estimate of drug-likeness (QED) is 0.847. The van der Waals surface area contributed by atoms with E-state index in [-0.39, 0.29) is 23.9 Å². The van der Waals surface area contributed by atoms with E-state index >= 15 is 0 Å². The Hall–Kier alpha value is -1.84. The molecular weight excluding hydrogens is 276 g/mol. The van der Waals surface area contributed by atoms with Gasteiger partial charge < -0.3 is 10.6 Å². The monoisotopic (exact) mass is 304 g/mol. The minimum Gasteiger partial charge on any atom is -0.349 e. The van der Waals surface area contributed by atoms with Gasteiger partial charge in [-0.05, 0) is 49.9 Å². The maximum Gasteiger partial charge on any atom is 0.251 e. The Balaban J connectivity index is 2.70. The van der Waals surface area contributed by atoms with Gasteiger partial charge in [-0.3, -0.25) is 9.59 Å². The minimum absolute atomic E-state index is 0.108. The Morgan fingerprint density at radius 3 is 1.18 bits per heavy atom. The molecule has 0 aliphatic carbocycles. The largest absolute Gasteiger partial charge is 0.349 e. The van der Waals surface area contributed by atoms with Crippen LogP contribution in [0.15, 0.2) is 24.3 Å². The lowest BCUT2D eigenvalue weighted by Gasteiger charge is -2.18. The highest BCUT2D eigenvalue weighted by Gasteiger charge is 2.15. The predicted molar refractivity (Wildman–Crippen MR) is 90.0 cm³/mol. The van der Waals surface area contributed by atoms with Crippen LogP contribution in [-0.4, -0.2) is 23.9 Å². The van der Waals surface area contributed by atoms with Crippen molar-refractivity contribution in [3.63, 3.8) is 0 Å². The Labute approximate surface area is 133 Å². The third-order valence-electron chi connectivity index (χ3n) is 4.13. The van der Waals surface area contributed by atoms with Gasteiger partial charge in [0, 0.05) is 23.2 Å². The van der Waals surface area contributed by atoms with Gasteiger partial charge in [-0.25, -0.2) is 0 Å². The van der Waals surface area contributed by atoms with Crippen LogP contribution in [0.25, 0.3) is 0 Å². The van der Waals surface area contributed by atoms with Gasteiger partial charge in [0.2, 0.25) is 0 Å². The van der Waals surface area contributed by atoms with Crippen molar-refractivity contribution in [2.45, 2.75) is 53.6 Å². The molecule has 0 fully saturated rings. The zero-order valence-electron chi connectivity index (χ0n) is 14.4. The first-order valence-corrected chi connectivity index (χ1v) is 7.94. The fraction of sp³-hybridized carbons (Fsp3) is 0.556. The van der Waals surface area contributed by atoms with E-state index in [1.165, 1.54) is 0 Å². The highest BCUT2D eigenvalue weighted by atomic mass is 16.2. The van der Waals surface area contributed by atoms with Crippen molar-refractivity contribution in [3.8, 4) is 0 Å². The summed E-state index contributed by atoms with van der Waals surface area (Å²) in [5.41, 5.74) is 1.14. The molecular formula is C18H28N2O2. The normalized spacial score (nSPS) is 13.8. The summed E-state index contributed by atoms with van der Waals surface area (Å²) in [5.74, 6) is 0.547. The van der Waals surface area contributed by atoms with Crippen LogP contribution < -0.4 is 10.6 Å². The molecule has 1 aromatic carbocycles. The fourth-order valence-corrected chi connectivity index (χ4v) is 1.69. The standard InChI is InChI=1S/C18H28N2O2/c1-11(2)13(5)19-17(21)15-7-9-16(10-8-15)18(22)20-14(6)12(3)4/h7-14H,1-6H3,(H,19,21)(H,20,22). The van der Waals surface area contributed by atoms with E-state index in [2.05, 4.69) is 38.3 Å². The van der Waals surface area contributed by atoms with Crippen LogP contribution in [0, 0.1) is 11.8 Å². The average Bonchev–Trinajstić information content (AvgIpc) is 2.46. The summed E-state index contributed by atoms with van der Waals surface area (Å²) in [6.45, 7) is 12.2. The maximum absolute atomic E-state index is 12.1. The third-order valence-corrected chi connectivity index (χ3v) is 4.13. The van der Waals surface area contributed by atoms with Crippen molar-refractivity contribution in [1.29, 1.82) is 0 Å². The Kier molecular flexibility index (Phi) is 6.60. The highest BCUT2D eigenvalue weighted by molar-refractivity contribution is 5.98. The first-order valence-electron chi connectivity index (χ1n) is 7.94. The summed E-state index contributed by atoms with van der Waals surface area (Å²) in [5, 5.41) is 5.90. The van der Waals surface area contributed by atoms with Crippen molar-refractivity contribution >= 4 is 11.8 Å². The molecule has 2 unspecified atom stereocenters. The molecule has 1 rings (SSSR count). The van der Waals surface area contributed by atoms with Gasteiger partial charge >= 0.3 is 0 Å². The molecule has 4 heteroatoms. The smallest absolute Gasteiger partial charge is 0.251 e. The van der Waals surface area contributed by atoms with Gasteiger partial charge in [0.15, 0.2) is 0 Å². The first-order chi connectivity index (χ1) is 10.2. The van der Waals surface area contributed by atoms with Crippen molar-refractivity contribution in [2.24, 2.45) is 11.8 Å². The second kappa shape index (κ2) is 7.97. The van der Waals surface area contributed by atoms with Crippen molar-refractivity contribution in [1.82, 2.24) is 10.6 Å². The van der Waals surface area contributed by atoms with Crippen LogP contribution in [0.3, 0.4) is 0 Å². The average molecular weight is 304 g/mol. The van der Waals surface area contributed by atoms with Crippen LogP contribution in [0.4, 0.5) is 0 Å². The molecule has 0 spiro atoms. The number of carbonyl (C=O) groups excluding carboxylic acids is 2. The molecule has 0 heterocycles. The number of carbonyl (C=O) groups is 2. The van der Waals surface area contributed by atoms with Gasteiger partial charge in [0.1, 0.15) is 0 Å². The molecule has 122 valence electrons. The summed E-state index contributed by atoms with van der Waals surface area (Å²) in [6, 6.07) is 6.99. The molecule has 0 radical (unpaired) electrons. The van der Waals surface area contributed by atoms with Gasteiger partial charge in [-0.2, -0.15) is 0 Å². The van der Waals surface area contributed by atoms with E-state index < -0.39 is 0 Å². The molecule has 0 aliphatic rings. The summed E-state index contributed by atoms with van der Waals surface area (Å²) >= 11 is 0. The van der Waals surface area contributed by atoms with Gasteiger partial charge in [-0.15, -0.1) is 0 Å². The van der Waals surface area contributed by atoms with Crippen molar-refractivity contribution < 1.29 is 9.59 Å². The molecule has 22 heavy (non-hydrogen) atoms. The SMILES string of the molecule is CC(C)C(C)NC(=O)c1ccc(C(=O)NC(C)C(C)C)cc1. The van der Waals surface area contributed by atoms with Crippen molar-refractivity contribution in [2.75, 3.05) is 0 Å². The molecule has 0 saturated heterocycles. The maximum atomic E-state index is 12.1. The minimum atomic E-state index is -0.108. The van der Waals surface area contributed by atoms with E-state index in [0.29, 0.717) is 23.0 Å². The van der Waals surface area contributed by atoms with E-state index in [9.17, 15) is 9.59 Å². The topological polar surface area (TPSA) is 58.2 Å². The Bertz CT molecular complexity index is 459. The molecule has 2 N–H and O–H groups in total. The molecule has 1 aromatic rings. The number of nitrogens with one attached hydrogen (secondary N) is 2. The number of rotatable bonds is 6. The van der Waals surface area contributed by atoms with Gasteiger partial charge in [-0.1, -0.05) is 27.7 Å². The molecule has 4 nitrogen and oxygen atoms in total. The van der Waals surface area contributed by atoms with Gasteiger partial charge in [0.25, 0.3) is 11.8 Å². The van der Waals surface area contributed by atoms with E-state index in [1.54, 1.807) is 24.3 Å². The fourth-order valence-electron chi connectivity index (χ4n) is 1.69. The summed E-state index contributed by atoms with van der Waals surface area (Å²) < 4.78 is 0. The summed E-state index contributed by atoms with van der Waals surface area (Å²) in [7, 11) is 0. The van der Waals surface area contributed by atoms with Crippen LogP contribution >= 0.6 is 0 Å². The zero-order chi connectivity index (χ0) is 16.9. The lowest BCUT2D eigenvalue weighted by atomic mass is 10.0. The zero-order valence-corrected chi connectivity index (χ0v) is 14.4. The van der Waals surface area contributed by atoms with Crippen LogP contribution in [0.2, 0.25) is 0 Å². The molecule has 2 atom stereocenters. The summed E-state index contributed by atoms with van der Waals surface area (Å²) in [4.78, 5) is 24.2. The van der Waals surface area contributed by atoms with E-state index in [1.807, 2.05) is 13.8 Å². The summed E-state index contributed by atoms with van der Waals surface area (Å²) in [6.07, 6.45) is 0. The van der Waals surface area contributed by atoms with E-state index in [0.717, 1.165) is 0 Å².